The summed E-state index contributed by atoms with van der Waals surface area (Å²) >= 11 is 0. The van der Waals surface area contributed by atoms with Gasteiger partial charge in [0.25, 0.3) is 5.91 Å². The molecule has 8 heteroatoms. The van der Waals surface area contributed by atoms with Gasteiger partial charge in [-0.2, -0.15) is 0 Å². The summed E-state index contributed by atoms with van der Waals surface area (Å²) in [5, 5.41) is 2.72. The molecule has 0 aliphatic carbocycles. The summed E-state index contributed by atoms with van der Waals surface area (Å²) in [5.41, 5.74) is 0.817. The molecule has 23 heavy (non-hydrogen) atoms. The van der Waals surface area contributed by atoms with Crippen molar-refractivity contribution in [3.05, 3.63) is 53.6 Å². The van der Waals surface area contributed by atoms with Gasteiger partial charge in [-0.3, -0.25) is 4.79 Å². The lowest BCUT2D eigenvalue weighted by Crippen LogP contribution is -2.28. The van der Waals surface area contributed by atoms with Crippen molar-refractivity contribution < 1.29 is 17.6 Å². The molecule has 1 aromatic heterocycles. The number of hydrogen-bond acceptors (Lipinski definition) is 3. The van der Waals surface area contributed by atoms with Crippen LogP contribution in [0.3, 0.4) is 0 Å². The van der Waals surface area contributed by atoms with Crippen LogP contribution < -0.4 is 10.0 Å². The molecule has 0 bridgehead atoms. The zero-order valence-corrected chi connectivity index (χ0v) is 13.8. The van der Waals surface area contributed by atoms with Crippen molar-refractivity contribution in [2.24, 2.45) is 7.05 Å². The highest BCUT2D eigenvalue weighted by Gasteiger charge is 2.20. The highest BCUT2D eigenvalue weighted by atomic mass is 32.2. The summed E-state index contributed by atoms with van der Waals surface area (Å²) in [4.78, 5) is 12.3. The third kappa shape index (κ3) is 3.77. The van der Waals surface area contributed by atoms with E-state index in [9.17, 15) is 17.6 Å². The fourth-order valence-corrected chi connectivity index (χ4v) is 2.95. The maximum absolute atomic E-state index is 13.2. The maximum Gasteiger partial charge on any atom is 0.268 e. The van der Waals surface area contributed by atoms with Crippen LogP contribution in [0.1, 0.15) is 29.0 Å². The Kier molecular flexibility index (Phi) is 4.86. The number of rotatable bonds is 5. The number of carbonyl (C=O) groups is 1. The van der Waals surface area contributed by atoms with E-state index in [4.69, 9.17) is 0 Å². The van der Waals surface area contributed by atoms with Crippen molar-refractivity contribution in [2.75, 3.05) is 7.05 Å². The molecule has 1 amide bonds. The molecule has 1 heterocycles. The molecular formula is C15H18FN3O3S. The maximum atomic E-state index is 13.2. The second kappa shape index (κ2) is 6.51. The molecule has 124 valence electrons. The summed E-state index contributed by atoms with van der Waals surface area (Å²) in [6, 6.07) is 6.80. The molecule has 0 saturated carbocycles. The average Bonchev–Trinajstić information content (AvgIpc) is 2.90. The molecule has 0 saturated heterocycles. The van der Waals surface area contributed by atoms with Crippen LogP contribution in [-0.4, -0.2) is 25.9 Å². The summed E-state index contributed by atoms with van der Waals surface area (Å²) in [6.07, 6.45) is 1.35. The fourth-order valence-electron chi connectivity index (χ4n) is 2.15. The van der Waals surface area contributed by atoms with Crippen LogP contribution in [0, 0.1) is 5.82 Å². The van der Waals surface area contributed by atoms with Gasteiger partial charge in [0.1, 0.15) is 16.4 Å². The van der Waals surface area contributed by atoms with Crippen LogP contribution in [0.15, 0.2) is 41.4 Å². The van der Waals surface area contributed by atoms with E-state index in [1.54, 1.807) is 26.1 Å². The van der Waals surface area contributed by atoms with Gasteiger partial charge in [0.2, 0.25) is 10.0 Å². The molecule has 1 aromatic carbocycles. The smallest absolute Gasteiger partial charge is 0.268 e. The van der Waals surface area contributed by atoms with E-state index in [-0.39, 0.29) is 16.4 Å². The number of aromatic nitrogens is 1. The van der Waals surface area contributed by atoms with Crippen LogP contribution >= 0.6 is 0 Å². The lowest BCUT2D eigenvalue weighted by Gasteiger charge is -2.14. The minimum absolute atomic E-state index is 0.00561. The zero-order chi connectivity index (χ0) is 17.2. The predicted octanol–water partition coefficient (Wildman–Crippen LogP) is 1.56. The number of sulfonamides is 1. The minimum Gasteiger partial charge on any atom is -0.345 e. The molecule has 2 aromatic rings. The van der Waals surface area contributed by atoms with Gasteiger partial charge in [-0.25, -0.2) is 17.5 Å². The number of aryl methyl sites for hydroxylation is 1. The molecule has 0 unspecified atom stereocenters. The molecule has 0 radical (unpaired) electrons. The summed E-state index contributed by atoms with van der Waals surface area (Å²) < 4.78 is 40.4. The molecule has 2 N–H and O–H groups in total. The zero-order valence-electron chi connectivity index (χ0n) is 13.0. The van der Waals surface area contributed by atoms with Crippen molar-refractivity contribution in [3.63, 3.8) is 0 Å². The quantitative estimate of drug-likeness (QED) is 0.868. The largest absolute Gasteiger partial charge is 0.345 e. The monoisotopic (exact) mass is 339 g/mol. The Morgan fingerprint density at radius 1 is 1.30 bits per heavy atom. The van der Waals surface area contributed by atoms with Gasteiger partial charge in [0.15, 0.2) is 0 Å². The average molecular weight is 339 g/mol. The highest BCUT2D eigenvalue weighted by molar-refractivity contribution is 7.89. The van der Waals surface area contributed by atoms with E-state index in [0.717, 1.165) is 0 Å². The SMILES string of the molecule is CNS(=O)(=O)c1cc(C(=O)N[C@H](C)c2cccc(F)c2)n(C)c1. The minimum atomic E-state index is -3.62. The Morgan fingerprint density at radius 2 is 2.00 bits per heavy atom. The highest BCUT2D eigenvalue weighted by Crippen LogP contribution is 2.17. The van der Waals surface area contributed by atoms with Gasteiger partial charge in [-0.05, 0) is 37.7 Å². The first-order chi connectivity index (χ1) is 10.7. The number of benzene rings is 1. The van der Waals surface area contributed by atoms with Crippen molar-refractivity contribution in [1.29, 1.82) is 0 Å². The molecule has 0 spiro atoms. The number of carbonyl (C=O) groups excluding carboxylic acids is 1. The normalized spacial score (nSPS) is 12.9. The van der Waals surface area contributed by atoms with Gasteiger partial charge >= 0.3 is 0 Å². The van der Waals surface area contributed by atoms with E-state index < -0.39 is 22.0 Å². The first-order valence-electron chi connectivity index (χ1n) is 6.91. The number of halogens is 1. The second-order valence-electron chi connectivity index (χ2n) is 5.13. The fraction of sp³-hybridized carbons (Fsp3) is 0.267. The lowest BCUT2D eigenvalue weighted by atomic mass is 10.1. The van der Waals surface area contributed by atoms with Gasteiger partial charge < -0.3 is 9.88 Å². The van der Waals surface area contributed by atoms with Gasteiger partial charge in [-0.1, -0.05) is 12.1 Å². The molecular weight excluding hydrogens is 321 g/mol. The van der Waals surface area contributed by atoms with Crippen molar-refractivity contribution in [2.45, 2.75) is 17.9 Å². The molecule has 0 fully saturated rings. The third-order valence-electron chi connectivity index (χ3n) is 3.49. The number of nitrogens with one attached hydrogen (secondary N) is 2. The standard InChI is InChI=1S/C15H18FN3O3S/c1-10(11-5-4-6-12(16)7-11)18-15(20)14-8-13(9-19(14)3)23(21,22)17-2/h4-10,17H,1-3H3,(H,18,20)/t10-/m1/s1. The number of nitrogens with zero attached hydrogens (tertiary/aromatic N) is 1. The molecule has 0 aliphatic heterocycles. The van der Waals surface area contributed by atoms with Crippen LogP contribution in [0.25, 0.3) is 0 Å². The van der Waals surface area contributed by atoms with Crippen molar-refractivity contribution in [1.82, 2.24) is 14.6 Å². The second-order valence-corrected chi connectivity index (χ2v) is 7.02. The number of hydrogen-bond donors (Lipinski definition) is 2. The van der Waals surface area contributed by atoms with E-state index in [0.29, 0.717) is 5.56 Å². The Morgan fingerprint density at radius 3 is 2.61 bits per heavy atom. The summed E-state index contributed by atoms with van der Waals surface area (Å²) in [6.45, 7) is 1.72. The van der Waals surface area contributed by atoms with Crippen LogP contribution in [0.4, 0.5) is 4.39 Å². The molecule has 1 atom stereocenters. The van der Waals surface area contributed by atoms with Crippen LogP contribution in [0.2, 0.25) is 0 Å². The Hall–Kier alpha value is -2.19. The van der Waals surface area contributed by atoms with Crippen LogP contribution in [0.5, 0.6) is 0 Å². The van der Waals surface area contributed by atoms with Crippen molar-refractivity contribution >= 4 is 15.9 Å². The predicted molar refractivity (Wildman–Crippen MR) is 83.9 cm³/mol. The van der Waals surface area contributed by atoms with Gasteiger partial charge in [-0.15, -0.1) is 0 Å². The summed E-state index contributed by atoms with van der Waals surface area (Å²) in [7, 11) is -0.741. The Labute approximate surface area is 134 Å². The molecule has 6 nitrogen and oxygen atoms in total. The van der Waals surface area contributed by atoms with E-state index >= 15 is 0 Å². The van der Waals surface area contributed by atoms with E-state index in [2.05, 4.69) is 10.0 Å². The Balaban J connectivity index is 2.21. The van der Waals surface area contributed by atoms with Crippen LogP contribution in [-0.2, 0) is 17.1 Å². The van der Waals surface area contributed by atoms with Gasteiger partial charge in [0, 0.05) is 13.2 Å². The summed E-state index contributed by atoms with van der Waals surface area (Å²) in [5.74, 6) is -0.827. The molecule has 2 rings (SSSR count). The lowest BCUT2D eigenvalue weighted by molar-refractivity contribution is 0.0931. The Bertz CT molecular complexity index is 830. The van der Waals surface area contributed by atoms with E-state index in [1.165, 1.54) is 36.0 Å². The van der Waals surface area contributed by atoms with E-state index in [1.807, 2.05) is 0 Å². The number of amides is 1. The first kappa shape index (κ1) is 17.2. The van der Waals surface area contributed by atoms with Gasteiger partial charge in [0.05, 0.1) is 6.04 Å². The third-order valence-corrected chi connectivity index (χ3v) is 4.87. The first-order valence-corrected chi connectivity index (χ1v) is 8.39. The van der Waals surface area contributed by atoms with Crippen molar-refractivity contribution in [3.8, 4) is 0 Å². The topological polar surface area (TPSA) is 80.2 Å². The molecule has 0 aliphatic rings.